The van der Waals surface area contributed by atoms with E-state index in [1.807, 2.05) is 0 Å². The Morgan fingerprint density at radius 2 is 2.16 bits per heavy atom. The topological polar surface area (TPSA) is 90.7 Å². The van der Waals surface area contributed by atoms with Crippen molar-refractivity contribution in [2.75, 3.05) is 13.1 Å². The summed E-state index contributed by atoms with van der Waals surface area (Å²) in [7, 11) is 0. The minimum absolute atomic E-state index is 0.134. The first-order chi connectivity index (χ1) is 9.15. The maximum atomic E-state index is 11.9. The van der Waals surface area contributed by atoms with Crippen molar-refractivity contribution in [1.29, 1.82) is 0 Å². The number of nitrogens with zero attached hydrogens (tertiary/aromatic N) is 3. The van der Waals surface area contributed by atoms with E-state index in [0.29, 0.717) is 31.6 Å². The lowest BCUT2D eigenvalue weighted by Gasteiger charge is -2.29. The Morgan fingerprint density at radius 1 is 1.42 bits per heavy atom. The fourth-order valence-electron chi connectivity index (χ4n) is 2.52. The lowest BCUT2D eigenvalue weighted by atomic mass is 9.93. The number of likely N-dealkylation sites (tertiary alicyclic amines) is 1. The standard InChI is InChI=1S/C12H14N4O3/c17-11-7-9(14-10-1-4-13-16(10)11)8-2-5-15(6-3-8)12(18)19/h1,4,7-8,13H,2-3,5-6H2,(H,18,19). The largest absolute Gasteiger partial charge is 0.465 e. The van der Waals surface area contributed by atoms with Gasteiger partial charge in [0.15, 0.2) is 5.65 Å². The smallest absolute Gasteiger partial charge is 0.407 e. The third-order valence-corrected chi connectivity index (χ3v) is 3.58. The number of rotatable bonds is 1. The second-order valence-corrected chi connectivity index (χ2v) is 4.72. The molecule has 2 aromatic rings. The van der Waals surface area contributed by atoms with Crippen molar-refractivity contribution in [3.63, 3.8) is 0 Å². The highest BCUT2D eigenvalue weighted by atomic mass is 16.4. The summed E-state index contributed by atoms with van der Waals surface area (Å²) in [6, 6.07) is 3.28. The molecule has 7 heteroatoms. The highest BCUT2D eigenvalue weighted by molar-refractivity contribution is 5.65. The highest BCUT2D eigenvalue weighted by Crippen LogP contribution is 2.26. The number of piperidine rings is 1. The molecule has 0 unspecified atom stereocenters. The molecule has 1 saturated heterocycles. The average Bonchev–Trinajstić information content (AvgIpc) is 2.87. The zero-order chi connectivity index (χ0) is 13.4. The van der Waals surface area contributed by atoms with Crippen molar-refractivity contribution < 1.29 is 9.90 Å². The number of nitrogens with one attached hydrogen (secondary N) is 1. The van der Waals surface area contributed by atoms with Crippen LogP contribution in [0.5, 0.6) is 0 Å². The molecule has 2 aromatic heterocycles. The summed E-state index contributed by atoms with van der Waals surface area (Å²) in [5.74, 6) is 0.156. The second kappa shape index (κ2) is 4.42. The minimum atomic E-state index is -0.882. The third kappa shape index (κ3) is 2.07. The molecule has 1 amide bonds. The number of hydrogen-bond donors (Lipinski definition) is 2. The van der Waals surface area contributed by atoms with Crippen molar-refractivity contribution in [3.8, 4) is 0 Å². The van der Waals surface area contributed by atoms with Gasteiger partial charge >= 0.3 is 6.09 Å². The van der Waals surface area contributed by atoms with Gasteiger partial charge in [-0.05, 0) is 12.8 Å². The van der Waals surface area contributed by atoms with Gasteiger partial charge in [-0.25, -0.2) is 14.3 Å². The Balaban J connectivity index is 1.85. The number of aromatic amines is 1. The molecule has 7 nitrogen and oxygen atoms in total. The number of amides is 1. The molecule has 100 valence electrons. The molecular formula is C12H14N4O3. The van der Waals surface area contributed by atoms with Crippen molar-refractivity contribution in [1.82, 2.24) is 19.5 Å². The van der Waals surface area contributed by atoms with Crippen LogP contribution in [0.3, 0.4) is 0 Å². The van der Waals surface area contributed by atoms with E-state index in [4.69, 9.17) is 5.11 Å². The third-order valence-electron chi connectivity index (χ3n) is 3.58. The van der Waals surface area contributed by atoms with Crippen molar-refractivity contribution in [3.05, 3.63) is 34.4 Å². The maximum absolute atomic E-state index is 11.9. The van der Waals surface area contributed by atoms with Gasteiger partial charge < -0.3 is 10.0 Å². The molecule has 1 aliphatic rings. The van der Waals surface area contributed by atoms with E-state index in [1.165, 1.54) is 15.5 Å². The van der Waals surface area contributed by atoms with Gasteiger partial charge in [0.05, 0.1) is 5.69 Å². The number of fused-ring (bicyclic) bond motifs is 1. The Bertz CT molecular complexity index is 667. The van der Waals surface area contributed by atoms with Crippen molar-refractivity contribution >= 4 is 11.7 Å². The summed E-state index contributed by atoms with van der Waals surface area (Å²) in [5, 5.41) is 11.7. The van der Waals surface area contributed by atoms with Gasteiger partial charge in [-0.2, -0.15) is 0 Å². The van der Waals surface area contributed by atoms with E-state index < -0.39 is 6.09 Å². The van der Waals surface area contributed by atoms with Gasteiger partial charge in [-0.1, -0.05) is 0 Å². The summed E-state index contributed by atoms with van der Waals surface area (Å²) in [6.07, 6.45) is 2.20. The molecule has 0 spiro atoms. The molecular weight excluding hydrogens is 248 g/mol. The number of carbonyl (C=O) groups is 1. The van der Waals surface area contributed by atoms with Crippen LogP contribution in [0.2, 0.25) is 0 Å². The van der Waals surface area contributed by atoms with Crippen LogP contribution in [0.1, 0.15) is 24.5 Å². The maximum Gasteiger partial charge on any atom is 0.407 e. The van der Waals surface area contributed by atoms with Gasteiger partial charge in [-0.3, -0.25) is 9.89 Å². The fraction of sp³-hybridized carbons (Fsp3) is 0.417. The lowest BCUT2D eigenvalue weighted by Crippen LogP contribution is -2.37. The first-order valence-electron chi connectivity index (χ1n) is 6.20. The normalized spacial score (nSPS) is 16.9. The van der Waals surface area contributed by atoms with Crippen LogP contribution in [0.4, 0.5) is 4.79 Å². The first kappa shape index (κ1) is 11.8. The number of hydrogen-bond acceptors (Lipinski definition) is 3. The van der Waals surface area contributed by atoms with Crippen LogP contribution >= 0.6 is 0 Å². The quantitative estimate of drug-likeness (QED) is 0.798. The Labute approximate surface area is 108 Å². The molecule has 3 rings (SSSR count). The molecule has 0 aromatic carbocycles. The summed E-state index contributed by atoms with van der Waals surface area (Å²) in [5.41, 5.74) is 1.23. The van der Waals surface area contributed by atoms with E-state index >= 15 is 0 Å². The van der Waals surface area contributed by atoms with Crippen LogP contribution < -0.4 is 5.56 Å². The predicted molar refractivity (Wildman–Crippen MR) is 67.4 cm³/mol. The van der Waals surface area contributed by atoms with Crippen molar-refractivity contribution in [2.24, 2.45) is 0 Å². The van der Waals surface area contributed by atoms with E-state index in [2.05, 4.69) is 10.1 Å². The molecule has 0 radical (unpaired) electrons. The van der Waals surface area contributed by atoms with Gasteiger partial charge in [0.2, 0.25) is 0 Å². The van der Waals surface area contributed by atoms with E-state index in [-0.39, 0.29) is 11.5 Å². The molecule has 0 aliphatic carbocycles. The average molecular weight is 262 g/mol. The number of H-pyrrole nitrogens is 1. The zero-order valence-electron chi connectivity index (χ0n) is 10.2. The summed E-state index contributed by atoms with van der Waals surface area (Å²) in [4.78, 5) is 28.6. The predicted octanol–water partition coefficient (Wildman–Crippen LogP) is 0.880. The van der Waals surface area contributed by atoms with Gasteiger partial charge in [0.1, 0.15) is 0 Å². The Kier molecular flexibility index (Phi) is 2.73. The Morgan fingerprint density at radius 3 is 2.84 bits per heavy atom. The number of aromatic nitrogens is 3. The Hall–Kier alpha value is -2.31. The zero-order valence-corrected chi connectivity index (χ0v) is 10.2. The van der Waals surface area contributed by atoms with Crippen LogP contribution in [-0.4, -0.2) is 43.8 Å². The molecule has 0 atom stereocenters. The van der Waals surface area contributed by atoms with Crippen LogP contribution in [0.15, 0.2) is 23.1 Å². The highest BCUT2D eigenvalue weighted by Gasteiger charge is 2.24. The van der Waals surface area contributed by atoms with Crippen LogP contribution in [0.25, 0.3) is 5.65 Å². The lowest BCUT2D eigenvalue weighted by molar-refractivity contribution is 0.131. The van der Waals surface area contributed by atoms with Gasteiger partial charge in [0.25, 0.3) is 5.56 Å². The summed E-state index contributed by atoms with van der Waals surface area (Å²) >= 11 is 0. The molecule has 2 N–H and O–H groups in total. The van der Waals surface area contributed by atoms with Crippen molar-refractivity contribution in [2.45, 2.75) is 18.8 Å². The van der Waals surface area contributed by atoms with Crippen LogP contribution in [0, 0.1) is 0 Å². The van der Waals surface area contributed by atoms with Gasteiger partial charge in [-0.15, -0.1) is 0 Å². The minimum Gasteiger partial charge on any atom is -0.465 e. The summed E-state index contributed by atoms with van der Waals surface area (Å²) in [6.45, 7) is 0.988. The monoisotopic (exact) mass is 262 g/mol. The molecule has 1 aliphatic heterocycles. The SMILES string of the molecule is O=C(O)N1CCC(c2cc(=O)n3[nH]ccc3n2)CC1. The second-order valence-electron chi connectivity index (χ2n) is 4.72. The summed E-state index contributed by atoms with van der Waals surface area (Å²) < 4.78 is 1.38. The molecule has 19 heavy (non-hydrogen) atoms. The van der Waals surface area contributed by atoms with E-state index in [9.17, 15) is 9.59 Å². The molecule has 1 fully saturated rings. The van der Waals surface area contributed by atoms with E-state index in [1.54, 1.807) is 12.3 Å². The van der Waals surface area contributed by atoms with E-state index in [0.717, 1.165) is 5.69 Å². The number of carboxylic acid groups (broad SMARTS) is 1. The fourth-order valence-corrected chi connectivity index (χ4v) is 2.52. The molecule has 0 saturated carbocycles. The van der Waals surface area contributed by atoms with Crippen LogP contribution in [-0.2, 0) is 0 Å². The van der Waals surface area contributed by atoms with Gasteiger partial charge in [0, 0.05) is 37.3 Å². The molecule has 0 bridgehead atoms. The first-order valence-corrected chi connectivity index (χ1v) is 6.20. The molecule has 3 heterocycles.